The Morgan fingerprint density at radius 3 is 2.39 bits per heavy atom. The number of nitrogens with zero attached hydrogens (tertiary/aromatic N) is 3. The van der Waals surface area contributed by atoms with Gasteiger partial charge in [-0.05, 0) is 43.2 Å². The van der Waals surface area contributed by atoms with Crippen molar-refractivity contribution in [1.82, 2.24) is 9.80 Å². The standard InChI is InChI=1S/C23H23ClN4O4S/c1-14-9-15(2)11-16(10-14)25-20(29)13-26-5-7-27(8-6-26)23(30)22-21(24)18-4-3-17(28(31)32)12-19(18)33-22/h3-4,9-12H,5-8,13H2,1-2H3,(H,25,29). The molecule has 0 saturated carbocycles. The van der Waals surface area contributed by atoms with Gasteiger partial charge in [-0.3, -0.25) is 24.6 Å². The fourth-order valence-corrected chi connectivity index (χ4v) is 5.52. The van der Waals surface area contributed by atoms with Gasteiger partial charge < -0.3 is 10.2 Å². The van der Waals surface area contributed by atoms with Crippen molar-refractivity contribution in [3.8, 4) is 0 Å². The molecular weight excluding hydrogens is 464 g/mol. The third-order valence-electron chi connectivity index (χ3n) is 5.55. The molecule has 33 heavy (non-hydrogen) atoms. The molecule has 2 heterocycles. The highest BCUT2D eigenvalue weighted by Gasteiger charge is 2.27. The van der Waals surface area contributed by atoms with Crippen molar-refractivity contribution < 1.29 is 14.5 Å². The fourth-order valence-electron chi connectivity index (χ4n) is 4.01. The fraction of sp³-hybridized carbons (Fsp3) is 0.304. The summed E-state index contributed by atoms with van der Waals surface area (Å²) in [6.07, 6.45) is 0. The monoisotopic (exact) mass is 486 g/mol. The summed E-state index contributed by atoms with van der Waals surface area (Å²) in [5, 5.41) is 14.9. The van der Waals surface area contributed by atoms with Crippen LogP contribution in [-0.4, -0.2) is 59.3 Å². The van der Waals surface area contributed by atoms with Gasteiger partial charge in [0.2, 0.25) is 5.91 Å². The van der Waals surface area contributed by atoms with Gasteiger partial charge in [0, 0.05) is 54.1 Å². The molecule has 0 atom stereocenters. The van der Waals surface area contributed by atoms with Crippen LogP contribution in [0.2, 0.25) is 5.02 Å². The largest absolute Gasteiger partial charge is 0.335 e. The first-order valence-electron chi connectivity index (χ1n) is 10.5. The number of nitrogens with one attached hydrogen (secondary N) is 1. The predicted molar refractivity (Wildman–Crippen MR) is 130 cm³/mol. The van der Waals surface area contributed by atoms with E-state index in [0.717, 1.165) is 16.8 Å². The number of benzene rings is 2. The molecule has 172 valence electrons. The molecular formula is C23H23ClN4O4S. The van der Waals surface area contributed by atoms with Crippen LogP contribution in [0.3, 0.4) is 0 Å². The number of nitro groups is 1. The van der Waals surface area contributed by atoms with E-state index in [1.54, 1.807) is 11.0 Å². The van der Waals surface area contributed by atoms with Gasteiger partial charge in [-0.1, -0.05) is 17.7 Å². The molecule has 3 aromatic rings. The summed E-state index contributed by atoms with van der Waals surface area (Å²) in [4.78, 5) is 40.2. The first-order chi connectivity index (χ1) is 15.7. The maximum atomic E-state index is 13.1. The van der Waals surface area contributed by atoms with E-state index in [2.05, 4.69) is 11.4 Å². The Morgan fingerprint density at radius 1 is 1.09 bits per heavy atom. The number of amides is 2. The summed E-state index contributed by atoms with van der Waals surface area (Å²) in [6, 6.07) is 10.3. The third kappa shape index (κ3) is 5.16. The second-order valence-electron chi connectivity index (χ2n) is 8.18. The van der Waals surface area contributed by atoms with Crippen molar-refractivity contribution in [3.05, 3.63) is 67.5 Å². The summed E-state index contributed by atoms with van der Waals surface area (Å²) < 4.78 is 0.610. The van der Waals surface area contributed by atoms with Crippen LogP contribution in [0.15, 0.2) is 36.4 Å². The molecule has 2 aromatic carbocycles. The molecule has 1 fully saturated rings. The summed E-state index contributed by atoms with van der Waals surface area (Å²) in [7, 11) is 0. The van der Waals surface area contributed by atoms with Crippen LogP contribution in [0.4, 0.5) is 11.4 Å². The van der Waals surface area contributed by atoms with Gasteiger partial charge in [0.25, 0.3) is 11.6 Å². The smallest absolute Gasteiger partial charge is 0.270 e. The Labute approximate surface area is 199 Å². The van der Waals surface area contributed by atoms with Gasteiger partial charge in [-0.25, -0.2) is 0 Å². The highest BCUT2D eigenvalue weighted by Crippen LogP contribution is 2.38. The molecule has 10 heteroatoms. The molecule has 1 saturated heterocycles. The number of carbonyl (C=O) groups is 2. The molecule has 1 N–H and O–H groups in total. The number of rotatable bonds is 5. The molecule has 0 bridgehead atoms. The average Bonchev–Trinajstić information content (AvgIpc) is 3.08. The molecule has 1 aromatic heterocycles. The molecule has 4 rings (SSSR count). The SMILES string of the molecule is Cc1cc(C)cc(NC(=O)CN2CCN(C(=O)c3sc4cc([N+](=O)[O-])ccc4c3Cl)CC2)c1. The van der Waals surface area contributed by atoms with Crippen molar-refractivity contribution in [2.45, 2.75) is 13.8 Å². The van der Waals surface area contributed by atoms with E-state index in [0.29, 0.717) is 46.2 Å². The van der Waals surface area contributed by atoms with Crippen LogP contribution >= 0.6 is 22.9 Å². The number of fused-ring (bicyclic) bond motifs is 1. The number of carbonyl (C=O) groups excluding carboxylic acids is 2. The lowest BCUT2D eigenvalue weighted by atomic mass is 10.1. The van der Waals surface area contributed by atoms with Gasteiger partial charge in [0.1, 0.15) is 4.88 Å². The van der Waals surface area contributed by atoms with E-state index < -0.39 is 4.92 Å². The maximum absolute atomic E-state index is 13.1. The van der Waals surface area contributed by atoms with Gasteiger partial charge in [0.05, 0.1) is 16.5 Å². The van der Waals surface area contributed by atoms with Crippen molar-refractivity contribution in [2.75, 3.05) is 38.0 Å². The van der Waals surface area contributed by atoms with Crippen molar-refractivity contribution in [3.63, 3.8) is 0 Å². The lowest BCUT2D eigenvalue weighted by Gasteiger charge is -2.34. The third-order valence-corrected chi connectivity index (χ3v) is 7.20. The van der Waals surface area contributed by atoms with Gasteiger partial charge in [-0.2, -0.15) is 0 Å². The summed E-state index contributed by atoms with van der Waals surface area (Å²) in [5.74, 6) is -0.280. The van der Waals surface area contributed by atoms with E-state index in [1.807, 2.05) is 30.9 Å². The summed E-state index contributed by atoms with van der Waals surface area (Å²) in [6.45, 7) is 6.31. The lowest BCUT2D eigenvalue weighted by Crippen LogP contribution is -2.50. The Morgan fingerprint density at radius 2 is 1.76 bits per heavy atom. The highest BCUT2D eigenvalue weighted by molar-refractivity contribution is 7.21. The number of nitro benzene ring substituents is 1. The van der Waals surface area contributed by atoms with Gasteiger partial charge in [0.15, 0.2) is 0 Å². The lowest BCUT2D eigenvalue weighted by molar-refractivity contribution is -0.384. The zero-order valence-electron chi connectivity index (χ0n) is 18.3. The van der Waals surface area contributed by atoms with Crippen molar-refractivity contribution in [1.29, 1.82) is 0 Å². The topological polar surface area (TPSA) is 95.8 Å². The van der Waals surface area contributed by atoms with E-state index in [9.17, 15) is 19.7 Å². The van der Waals surface area contributed by atoms with Crippen molar-refractivity contribution in [2.24, 2.45) is 0 Å². The van der Waals surface area contributed by atoms with Crippen LogP contribution in [0.5, 0.6) is 0 Å². The molecule has 2 amide bonds. The van der Waals surface area contributed by atoms with E-state index in [1.165, 1.54) is 23.5 Å². The van der Waals surface area contributed by atoms with Crippen LogP contribution in [-0.2, 0) is 4.79 Å². The Bertz CT molecular complexity index is 1230. The number of anilines is 1. The summed E-state index contributed by atoms with van der Waals surface area (Å²) >= 11 is 7.60. The van der Waals surface area contributed by atoms with Crippen LogP contribution in [0.1, 0.15) is 20.8 Å². The average molecular weight is 487 g/mol. The number of piperazine rings is 1. The number of aryl methyl sites for hydroxylation is 2. The number of thiophene rings is 1. The first kappa shape index (κ1) is 23.2. The molecule has 0 spiro atoms. The second-order valence-corrected chi connectivity index (χ2v) is 9.61. The molecule has 1 aliphatic rings. The molecule has 8 nitrogen and oxygen atoms in total. The Balaban J connectivity index is 1.36. The number of hydrogen-bond donors (Lipinski definition) is 1. The highest BCUT2D eigenvalue weighted by atomic mass is 35.5. The minimum absolute atomic E-state index is 0.0351. The zero-order chi connectivity index (χ0) is 23.7. The number of hydrogen-bond acceptors (Lipinski definition) is 6. The quantitative estimate of drug-likeness (QED) is 0.424. The minimum atomic E-state index is -0.468. The predicted octanol–water partition coefficient (Wildman–Crippen LogP) is 4.48. The molecule has 0 unspecified atom stereocenters. The van der Waals surface area contributed by atoms with Crippen molar-refractivity contribution >= 4 is 56.2 Å². The van der Waals surface area contributed by atoms with Crippen LogP contribution < -0.4 is 5.32 Å². The van der Waals surface area contributed by atoms with Gasteiger partial charge >= 0.3 is 0 Å². The maximum Gasteiger partial charge on any atom is 0.270 e. The number of non-ortho nitro benzene ring substituents is 1. The second kappa shape index (κ2) is 9.46. The molecule has 0 radical (unpaired) electrons. The van der Waals surface area contributed by atoms with Gasteiger partial charge in [-0.15, -0.1) is 11.3 Å². The van der Waals surface area contributed by atoms with E-state index in [-0.39, 0.29) is 24.0 Å². The van der Waals surface area contributed by atoms with Crippen LogP contribution in [0, 0.1) is 24.0 Å². The summed E-state index contributed by atoms with van der Waals surface area (Å²) in [5.41, 5.74) is 2.93. The molecule has 1 aliphatic heterocycles. The normalized spacial score (nSPS) is 14.5. The Hall–Kier alpha value is -3.01. The Kier molecular flexibility index (Phi) is 6.64. The van der Waals surface area contributed by atoms with Crippen LogP contribution in [0.25, 0.3) is 10.1 Å². The van der Waals surface area contributed by atoms with E-state index >= 15 is 0 Å². The molecule has 0 aliphatic carbocycles. The number of halogens is 1. The minimum Gasteiger partial charge on any atom is -0.335 e. The zero-order valence-corrected chi connectivity index (χ0v) is 19.8. The first-order valence-corrected chi connectivity index (χ1v) is 11.7. The van der Waals surface area contributed by atoms with E-state index in [4.69, 9.17) is 11.6 Å².